The second kappa shape index (κ2) is 7.61. The van der Waals surface area contributed by atoms with E-state index in [4.69, 9.17) is 0 Å². The minimum atomic E-state index is 1.23. The maximum Gasteiger partial charge on any atom is 0.144 e. The van der Waals surface area contributed by atoms with Crippen LogP contribution in [-0.2, 0) is 0 Å². The average Bonchev–Trinajstić information content (AvgIpc) is 3.07. The quantitative estimate of drug-likeness (QED) is 0.647. The summed E-state index contributed by atoms with van der Waals surface area (Å²) in [6.07, 6.45) is 7.12. The molecule has 1 aromatic heterocycles. The minimum Gasteiger partial charge on any atom is -0.346 e. The Kier molecular flexibility index (Phi) is 5.11. The van der Waals surface area contributed by atoms with Crippen molar-refractivity contribution < 1.29 is 4.52 Å². The van der Waals surface area contributed by atoms with Gasteiger partial charge in [0.2, 0.25) is 0 Å². The first kappa shape index (κ1) is 12.8. The molecule has 0 aliphatic rings. The first-order valence-electron chi connectivity index (χ1n) is 5.94. The maximum atomic E-state index is 4.22. The zero-order chi connectivity index (χ0) is 13.2. The summed E-state index contributed by atoms with van der Waals surface area (Å²) in [4.78, 5) is 0. The fourth-order valence-corrected chi connectivity index (χ4v) is 1.46. The van der Waals surface area contributed by atoms with Gasteiger partial charge < -0.3 is 4.52 Å². The summed E-state index contributed by atoms with van der Waals surface area (Å²) < 4.78 is 4.22. The van der Waals surface area contributed by atoms with Crippen LogP contribution in [0.25, 0.3) is 12.2 Å². The molecule has 0 atom stereocenters. The molecule has 0 unspecified atom stereocenters. The number of nitrogens with zero attached hydrogens (tertiary/aromatic N) is 2. The Labute approximate surface area is 112 Å². The van der Waals surface area contributed by atoms with Crippen LogP contribution in [0.15, 0.2) is 77.6 Å². The molecule has 2 aromatic carbocycles. The molecule has 0 radical (unpaired) electrons. The number of benzene rings is 2. The lowest BCUT2D eigenvalue weighted by Gasteiger charge is -1.92. The van der Waals surface area contributed by atoms with Crippen LogP contribution in [0.4, 0.5) is 0 Å². The van der Waals surface area contributed by atoms with Crippen molar-refractivity contribution in [3.63, 3.8) is 0 Å². The highest BCUT2D eigenvalue weighted by atomic mass is 16.5. The van der Waals surface area contributed by atoms with E-state index in [1.807, 2.05) is 36.4 Å². The second-order valence-electron chi connectivity index (χ2n) is 3.74. The van der Waals surface area contributed by atoms with Gasteiger partial charge in [0.05, 0.1) is 6.20 Å². The van der Waals surface area contributed by atoms with E-state index in [1.165, 1.54) is 23.6 Å². The first-order chi connectivity index (χ1) is 9.45. The summed E-state index contributed by atoms with van der Waals surface area (Å²) >= 11 is 0. The molecule has 0 amide bonds. The van der Waals surface area contributed by atoms with Crippen LogP contribution in [0.1, 0.15) is 11.1 Å². The highest BCUT2D eigenvalue weighted by Gasteiger charge is 1.84. The molecular formula is C16H14N2O. The molecule has 0 N–H and O–H groups in total. The summed E-state index contributed by atoms with van der Waals surface area (Å²) in [5, 5.41) is 6.40. The summed E-state index contributed by atoms with van der Waals surface area (Å²) in [6, 6.07) is 20.6. The summed E-state index contributed by atoms with van der Waals surface area (Å²) in [5.41, 5.74) is 2.47. The van der Waals surface area contributed by atoms with Gasteiger partial charge in [-0.3, -0.25) is 0 Å². The smallest absolute Gasteiger partial charge is 0.144 e. The number of rotatable bonds is 2. The molecule has 0 aliphatic carbocycles. The summed E-state index contributed by atoms with van der Waals surface area (Å²) in [6.45, 7) is 0. The third kappa shape index (κ3) is 5.00. The van der Waals surface area contributed by atoms with Crippen molar-refractivity contribution in [2.75, 3.05) is 0 Å². The van der Waals surface area contributed by atoms with Crippen LogP contribution in [0, 0.1) is 0 Å². The van der Waals surface area contributed by atoms with E-state index in [0.717, 1.165) is 0 Å². The van der Waals surface area contributed by atoms with Crippen molar-refractivity contribution in [1.82, 2.24) is 10.4 Å². The van der Waals surface area contributed by atoms with Gasteiger partial charge in [0.25, 0.3) is 0 Å². The van der Waals surface area contributed by atoms with E-state index < -0.39 is 0 Å². The summed E-state index contributed by atoms with van der Waals surface area (Å²) in [7, 11) is 0. The van der Waals surface area contributed by atoms with Crippen LogP contribution < -0.4 is 0 Å². The van der Waals surface area contributed by atoms with E-state index >= 15 is 0 Å². The second-order valence-corrected chi connectivity index (χ2v) is 3.74. The van der Waals surface area contributed by atoms with Crippen molar-refractivity contribution in [2.24, 2.45) is 0 Å². The van der Waals surface area contributed by atoms with Gasteiger partial charge in [-0.1, -0.05) is 72.8 Å². The van der Waals surface area contributed by atoms with Gasteiger partial charge in [-0.05, 0) is 11.1 Å². The fraction of sp³-hybridized carbons (Fsp3) is 0. The number of hydrogen-bond acceptors (Lipinski definition) is 3. The molecule has 3 rings (SSSR count). The lowest BCUT2D eigenvalue weighted by atomic mass is 10.1. The van der Waals surface area contributed by atoms with Crippen LogP contribution >= 0.6 is 0 Å². The molecule has 0 spiro atoms. The first-order valence-corrected chi connectivity index (χ1v) is 5.94. The predicted molar refractivity (Wildman–Crippen MR) is 76.1 cm³/mol. The van der Waals surface area contributed by atoms with Gasteiger partial charge in [0.1, 0.15) is 6.26 Å². The normalized spacial score (nSPS) is 9.89. The molecule has 0 aliphatic heterocycles. The van der Waals surface area contributed by atoms with Crippen molar-refractivity contribution in [1.29, 1.82) is 0 Å². The van der Waals surface area contributed by atoms with Crippen molar-refractivity contribution in [3.05, 3.63) is 84.3 Å². The Balaban J connectivity index is 0.000000224. The topological polar surface area (TPSA) is 38.9 Å². The number of aromatic nitrogens is 2. The lowest BCUT2D eigenvalue weighted by Crippen LogP contribution is -1.70. The highest BCUT2D eigenvalue weighted by Crippen LogP contribution is 2.06. The Morgan fingerprint density at radius 3 is 1.58 bits per heavy atom. The van der Waals surface area contributed by atoms with Crippen molar-refractivity contribution in [3.8, 4) is 0 Å². The third-order valence-corrected chi connectivity index (χ3v) is 2.35. The van der Waals surface area contributed by atoms with Crippen LogP contribution in [0.3, 0.4) is 0 Å². The molecule has 0 bridgehead atoms. The molecule has 19 heavy (non-hydrogen) atoms. The molecule has 3 heteroatoms. The monoisotopic (exact) mass is 250 g/mol. The average molecular weight is 250 g/mol. The van der Waals surface area contributed by atoms with Gasteiger partial charge in [0.15, 0.2) is 0 Å². The lowest BCUT2D eigenvalue weighted by molar-refractivity contribution is 0.393. The van der Waals surface area contributed by atoms with Crippen molar-refractivity contribution >= 4 is 12.2 Å². The fourth-order valence-electron chi connectivity index (χ4n) is 1.46. The highest BCUT2D eigenvalue weighted by molar-refractivity contribution is 5.69. The largest absolute Gasteiger partial charge is 0.346 e. The van der Waals surface area contributed by atoms with E-state index in [0.29, 0.717) is 0 Å². The Bertz CT molecular complexity index is 516. The van der Waals surface area contributed by atoms with Crippen LogP contribution in [0.5, 0.6) is 0 Å². The van der Waals surface area contributed by atoms with Gasteiger partial charge in [-0.25, -0.2) is 0 Å². The van der Waals surface area contributed by atoms with E-state index in [1.54, 1.807) is 0 Å². The van der Waals surface area contributed by atoms with Crippen molar-refractivity contribution in [2.45, 2.75) is 0 Å². The Morgan fingerprint density at radius 2 is 1.26 bits per heavy atom. The van der Waals surface area contributed by atoms with Gasteiger partial charge in [0, 0.05) is 5.27 Å². The van der Waals surface area contributed by atoms with Gasteiger partial charge in [-0.15, -0.1) is 5.10 Å². The zero-order valence-corrected chi connectivity index (χ0v) is 10.4. The zero-order valence-electron chi connectivity index (χ0n) is 10.4. The Hall–Kier alpha value is -2.68. The van der Waals surface area contributed by atoms with Crippen LogP contribution in [0.2, 0.25) is 0 Å². The third-order valence-electron chi connectivity index (χ3n) is 2.35. The predicted octanol–water partition coefficient (Wildman–Crippen LogP) is 3.93. The van der Waals surface area contributed by atoms with E-state index in [2.05, 4.69) is 51.3 Å². The molecule has 0 saturated heterocycles. The molecule has 1 heterocycles. The summed E-state index contributed by atoms with van der Waals surface area (Å²) in [5.74, 6) is 0. The Morgan fingerprint density at radius 1 is 0.737 bits per heavy atom. The minimum absolute atomic E-state index is 1.23. The SMILES string of the molecule is C(=Cc1ccccc1)c1ccccc1.c1conn1. The molecule has 94 valence electrons. The molecule has 3 aromatic rings. The van der Waals surface area contributed by atoms with Crippen LogP contribution in [-0.4, -0.2) is 10.4 Å². The molecule has 3 nitrogen and oxygen atoms in total. The van der Waals surface area contributed by atoms with Gasteiger partial charge >= 0.3 is 0 Å². The molecule has 0 fully saturated rings. The maximum absolute atomic E-state index is 4.22. The number of hydrogen-bond donors (Lipinski definition) is 0. The molecular weight excluding hydrogens is 236 g/mol. The standard InChI is InChI=1S/C14H12.C2H2N2O/c1-3-7-13(8-4-1)11-12-14-9-5-2-6-10-14;1-2-5-4-3-1/h1-12H;1-2H. The molecule has 0 saturated carbocycles. The van der Waals surface area contributed by atoms with E-state index in [9.17, 15) is 0 Å². The van der Waals surface area contributed by atoms with Gasteiger partial charge in [-0.2, -0.15) is 0 Å². The van der Waals surface area contributed by atoms with E-state index in [-0.39, 0.29) is 0 Å².